The van der Waals surface area contributed by atoms with Gasteiger partial charge in [-0.25, -0.2) is 4.79 Å². The first-order valence-electron chi connectivity index (χ1n) is 10.1. The molecule has 0 bridgehead atoms. The average Bonchev–Trinajstić information content (AvgIpc) is 2.74. The highest BCUT2D eigenvalue weighted by Gasteiger charge is 2.27. The van der Waals surface area contributed by atoms with E-state index in [4.69, 9.17) is 9.47 Å². The lowest BCUT2D eigenvalue weighted by molar-refractivity contribution is -0.00759. The van der Waals surface area contributed by atoms with Crippen LogP contribution in [0.2, 0.25) is 0 Å². The average molecular weight is 410 g/mol. The molecule has 0 amide bonds. The number of cyclic esters (lactones) is 1. The van der Waals surface area contributed by atoms with Crippen LogP contribution in [0.4, 0.5) is 0 Å². The minimum absolute atomic E-state index is 0.0409. The number of phenols is 1. The molecule has 0 spiro atoms. The lowest BCUT2D eigenvalue weighted by Gasteiger charge is -2.22. The minimum atomic E-state index is -1.08. The van der Waals surface area contributed by atoms with E-state index in [9.17, 15) is 19.8 Å². The molecule has 3 rings (SSSR count). The Balaban J connectivity index is 2.15. The summed E-state index contributed by atoms with van der Waals surface area (Å²) in [5.41, 5.74) is 1.29. The second-order valence-electron chi connectivity index (χ2n) is 7.37. The Labute approximate surface area is 175 Å². The Hall–Kier alpha value is -3.12. The Morgan fingerprint density at radius 1 is 1.13 bits per heavy atom. The van der Waals surface area contributed by atoms with Crippen molar-refractivity contribution in [1.29, 1.82) is 0 Å². The first-order valence-corrected chi connectivity index (χ1v) is 10.1. The number of aromatic hydroxyl groups is 1. The molecule has 30 heavy (non-hydrogen) atoms. The van der Waals surface area contributed by atoms with Crippen molar-refractivity contribution in [2.75, 3.05) is 0 Å². The predicted octanol–water partition coefficient (Wildman–Crippen LogP) is 4.80. The highest BCUT2D eigenvalue weighted by Crippen LogP contribution is 2.36. The summed E-state index contributed by atoms with van der Waals surface area (Å²) in [6.07, 6.45) is 4.94. The van der Waals surface area contributed by atoms with Gasteiger partial charge in [0, 0.05) is 5.56 Å². The highest BCUT2D eigenvalue weighted by atomic mass is 16.6. The van der Waals surface area contributed by atoms with Gasteiger partial charge in [-0.05, 0) is 43.5 Å². The molecule has 158 valence electrons. The van der Waals surface area contributed by atoms with Gasteiger partial charge in [0.2, 0.25) is 0 Å². The summed E-state index contributed by atoms with van der Waals surface area (Å²) in [6, 6.07) is 8.05. The molecule has 1 heterocycles. The van der Waals surface area contributed by atoms with Crippen molar-refractivity contribution >= 4 is 18.3 Å². The van der Waals surface area contributed by atoms with Crippen molar-refractivity contribution in [3.63, 3.8) is 0 Å². The number of carbonyl (C=O) groups excluding carboxylic acids is 2. The maximum Gasteiger partial charge on any atom is 0.342 e. The molecule has 2 unspecified atom stereocenters. The third-order valence-electron chi connectivity index (χ3n) is 5.19. The monoisotopic (exact) mass is 410 g/mol. The van der Waals surface area contributed by atoms with Gasteiger partial charge in [0.15, 0.2) is 6.29 Å². The number of ether oxygens (including phenoxy) is 2. The number of rotatable bonds is 5. The highest BCUT2D eigenvalue weighted by molar-refractivity contribution is 5.95. The molecule has 0 radical (unpaired) electrons. The van der Waals surface area contributed by atoms with Gasteiger partial charge in [0.25, 0.3) is 0 Å². The van der Waals surface area contributed by atoms with E-state index in [-0.39, 0.29) is 28.4 Å². The van der Waals surface area contributed by atoms with Gasteiger partial charge in [0.05, 0.1) is 5.56 Å². The standard InChI is InChI=1S/C24H26O6/c1-3-4-5-8-21-19(27)11-10-16-17(14-25)18(26)12-13-20(16)29-22-9-6-7-15(2)23(22)24(28)30-21/h6-7,9-14,19,21,26-27H,3-5,8H2,1-2H3/b11-10+. The molecule has 6 heteroatoms. The zero-order chi connectivity index (χ0) is 21.7. The molecule has 2 N–H and O–H groups in total. The molecular weight excluding hydrogens is 384 g/mol. The number of aryl methyl sites for hydroxylation is 1. The third-order valence-corrected chi connectivity index (χ3v) is 5.19. The van der Waals surface area contributed by atoms with Crippen LogP contribution in [-0.4, -0.2) is 34.7 Å². The quantitative estimate of drug-likeness (QED) is 0.418. The van der Waals surface area contributed by atoms with Gasteiger partial charge >= 0.3 is 5.97 Å². The lowest BCUT2D eigenvalue weighted by atomic mass is 10.0. The maximum atomic E-state index is 13.0. The molecule has 0 saturated heterocycles. The van der Waals surface area contributed by atoms with E-state index in [1.54, 1.807) is 25.1 Å². The first-order chi connectivity index (χ1) is 14.5. The Bertz CT molecular complexity index is 962. The number of unbranched alkanes of at least 4 members (excludes halogenated alkanes) is 2. The van der Waals surface area contributed by atoms with Crippen LogP contribution >= 0.6 is 0 Å². The summed E-state index contributed by atoms with van der Waals surface area (Å²) in [5, 5.41) is 20.8. The van der Waals surface area contributed by atoms with Crippen molar-refractivity contribution in [3.05, 3.63) is 58.7 Å². The number of hydrogen-bond acceptors (Lipinski definition) is 6. The van der Waals surface area contributed by atoms with Crippen LogP contribution in [0.5, 0.6) is 17.2 Å². The van der Waals surface area contributed by atoms with E-state index in [1.807, 2.05) is 0 Å². The zero-order valence-corrected chi connectivity index (χ0v) is 17.1. The Morgan fingerprint density at radius 2 is 1.93 bits per heavy atom. The molecule has 1 aliphatic heterocycles. The number of aliphatic hydroxyl groups excluding tert-OH is 1. The molecule has 0 aliphatic carbocycles. The van der Waals surface area contributed by atoms with Gasteiger partial charge in [-0.15, -0.1) is 0 Å². The maximum absolute atomic E-state index is 13.0. The van der Waals surface area contributed by atoms with Crippen LogP contribution in [0.3, 0.4) is 0 Å². The lowest BCUT2D eigenvalue weighted by Crippen LogP contribution is -2.30. The van der Waals surface area contributed by atoms with Gasteiger partial charge in [-0.3, -0.25) is 4.79 Å². The summed E-state index contributed by atoms with van der Waals surface area (Å²) < 4.78 is 11.7. The van der Waals surface area contributed by atoms with Gasteiger partial charge in [-0.2, -0.15) is 0 Å². The molecule has 2 atom stereocenters. The van der Waals surface area contributed by atoms with Crippen LogP contribution < -0.4 is 4.74 Å². The number of fused-ring (bicyclic) bond motifs is 2. The first kappa shape index (κ1) is 21.6. The summed E-state index contributed by atoms with van der Waals surface area (Å²) in [5.74, 6) is -0.212. The second-order valence-corrected chi connectivity index (χ2v) is 7.37. The summed E-state index contributed by atoms with van der Waals surface area (Å²) in [7, 11) is 0. The minimum Gasteiger partial charge on any atom is -0.507 e. The number of aldehydes is 1. The van der Waals surface area contributed by atoms with Crippen LogP contribution in [0, 0.1) is 6.92 Å². The van der Waals surface area contributed by atoms with E-state index >= 15 is 0 Å². The zero-order valence-electron chi connectivity index (χ0n) is 17.1. The number of carbonyl (C=O) groups is 2. The molecule has 0 fully saturated rings. The van der Waals surface area contributed by atoms with Crippen molar-refractivity contribution in [2.24, 2.45) is 0 Å². The molecule has 0 aromatic heterocycles. The van der Waals surface area contributed by atoms with Crippen LogP contribution in [0.15, 0.2) is 36.4 Å². The third kappa shape index (κ3) is 4.54. The van der Waals surface area contributed by atoms with Gasteiger partial charge in [0.1, 0.15) is 35.0 Å². The number of aliphatic hydroxyl groups is 1. The van der Waals surface area contributed by atoms with E-state index in [0.29, 0.717) is 23.8 Å². The van der Waals surface area contributed by atoms with E-state index < -0.39 is 18.2 Å². The van der Waals surface area contributed by atoms with Crippen molar-refractivity contribution in [1.82, 2.24) is 0 Å². The van der Waals surface area contributed by atoms with Gasteiger partial charge < -0.3 is 19.7 Å². The van der Waals surface area contributed by atoms with E-state index in [0.717, 1.165) is 19.3 Å². The summed E-state index contributed by atoms with van der Waals surface area (Å²) in [6.45, 7) is 3.85. The molecule has 0 saturated carbocycles. The van der Waals surface area contributed by atoms with Crippen molar-refractivity contribution < 1.29 is 29.3 Å². The van der Waals surface area contributed by atoms with Crippen LogP contribution in [0.25, 0.3) is 6.08 Å². The molecule has 6 nitrogen and oxygen atoms in total. The van der Waals surface area contributed by atoms with Crippen LogP contribution in [0.1, 0.15) is 64.4 Å². The fourth-order valence-electron chi connectivity index (χ4n) is 3.51. The Morgan fingerprint density at radius 3 is 2.67 bits per heavy atom. The molecular formula is C24H26O6. The summed E-state index contributed by atoms with van der Waals surface area (Å²) in [4.78, 5) is 24.6. The van der Waals surface area contributed by atoms with E-state index in [2.05, 4.69) is 6.92 Å². The summed E-state index contributed by atoms with van der Waals surface area (Å²) >= 11 is 0. The molecule has 2 aromatic carbocycles. The van der Waals surface area contributed by atoms with Crippen molar-refractivity contribution in [3.8, 4) is 17.2 Å². The van der Waals surface area contributed by atoms with Crippen molar-refractivity contribution in [2.45, 2.75) is 51.7 Å². The topological polar surface area (TPSA) is 93.1 Å². The second kappa shape index (κ2) is 9.59. The normalized spacial score (nSPS) is 19.5. The smallest absolute Gasteiger partial charge is 0.342 e. The molecule has 2 aromatic rings. The fraction of sp³-hybridized carbons (Fsp3) is 0.333. The number of phenolic OH excluding ortho intramolecular Hbond substituents is 1. The number of esters is 1. The fourth-order valence-corrected chi connectivity index (χ4v) is 3.51. The number of benzene rings is 2. The SMILES string of the molecule is CCCCCC1OC(=O)c2c(C)cccc2Oc2ccc(O)c(C=O)c2/C=C/C1O. The molecule has 1 aliphatic rings. The largest absolute Gasteiger partial charge is 0.507 e. The predicted molar refractivity (Wildman–Crippen MR) is 113 cm³/mol. The Kier molecular flexibility index (Phi) is 6.90. The van der Waals surface area contributed by atoms with E-state index in [1.165, 1.54) is 24.3 Å². The number of hydrogen-bond donors (Lipinski definition) is 2. The van der Waals surface area contributed by atoms with Crippen LogP contribution in [-0.2, 0) is 4.74 Å². The van der Waals surface area contributed by atoms with Gasteiger partial charge in [-0.1, -0.05) is 44.1 Å².